The summed E-state index contributed by atoms with van der Waals surface area (Å²) in [5.74, 6) is 3.07. The first-order chi connectivity index (χ1) is 10.3. The van der Waals surface area contributed by atoms with Crippen LogP contribution in [0, 0.1) is 0 Å². The maximum absolute atomic E-state index is 4.73. The zero-order chi connectivity index (χ0) is 15.1. The number of aliphatic imine (C=N–C) groups is 1. The van der Waals surface area contributed by atoms with Gasteiger partial charge >= 0.3 is 0 Å². The largest absolute Gasteiger partial charge is 0.357 e. The summed E-state index contributed by atoms with van der Waals surface area (Å²) < 4.78 is 2.24. The second kappa shape index (κ2) is 10.0. The molecule has 1 aromatic heterocycles. The minimum Gasteiger partial charge on any atom is -0.357 e. The van der Waals surface area contributed by atoms with Gasteiger partial charge in [0.25, 0.3) is 0 Å². The van der Waals surface area contributed by atoms with Crippen LogP contribution in [0.15, 0.2) is 4.99 Å². The standard InChI is InChI=1S/C15H28N6.HI/c1-4-6-10-20(3)15(16-5-2)17-12-14-19-18-13-9-7-8-11-21(13)14;/h4-12H2,1-3H3,(H,16,17);1H. The summed E-state index contributed by atoms with van der Waals surface area (Å²) in [6, 6.07) is 0. The molecule has 0 aliphatic carbocycles. The molecule has 1 N–H and O–H groups in total. The molecule has 0 atom stereocenters. The lowest BCUT2D eigenvalue weighted by Gasteiger charge is -2.21. The van der Waals surface area contributed by atoms with Crippen LogP contribution in [0.2, 0.25) is 0 Å². The normalized spacial score (nSPS) is 14.2. The molecule has 0 fully saturated rings. The number of halogens is 1. The molecule has 126 valence electrons. The molecule has 1 aromatic rings. The van der Waals surface area contributed by atoms with Gasteiger partial charge in [-0.1, -0.05) is 13.3 Å². The molecule has 6 nitrogen and oxygen atoms in total. The van der Waals surface area contributed by atoms with Crippen LogP contribution in [0.4, 0.5) is 0 Å². The number of aryl methyl sites for hydroxylation is 1. The van der Waals surface area contributed by atoms with E-state index in [9.17, 15) is 0 Å². The summed E-state index contributed by atoms with van der Waals surface area (Å²) >= 11 is 0. The maximum Gasteiger partial charge on any atom is 0.194 e. The second-order valence-corrected chi connectivity index (χ2v) is 5.59. The van der Waals surface area contributed by atoms with Crippen molar-refractivity contribution in [1.29, 1.82) is 0 Å². The zero-order valence-corrected chi connectivity index (χ0v) is 16.3. The number of rotatable bonds is 6. The van der Waals surface area contributed by atoms with Crippen LogP contribution >= 0.6 is 24.0 Å². The third-order valence-electron chi connectivity index (χ3n) is 3.85. The first kappa shape index (κ1) is 19.2. The van der Waals surface area contributed by atoms with E-state index in [1.807, 2.05) is 0 Å². The predicted octanol–water partition coefficient (Wildman–Crippen LogP) is 2.43. The predicted molar refractivity (Wildman–Crippen MR) is 101 cm³/mol. The Morgan fingerprint density at radius 2 is 2.14 bits per heavy atom. The molecular formula is C15H29IN6. The molecule has 0 bridgehead atoms. The van der Waals surface area contributed by atoms with E-state index in [1.165, 1.54) is 25.7 Å². The van der Waals surface area contributed by atoms with Crippen molar-refractivity contribution in [1.82, 2.24) is 25.0 Å². The number of aromatic nitrogens is 3. The van der Waals surface area contributed by atoms with E-state index >= 15 is 0 Å². The van der Waals surface area contributed by atoms with Crippen molar-refractivity contribution in [3.8, 4) is 0 Å². The number of guanidine groups is 1. The molecular weight excluding hydrogens is 391 g/mol. The van der Waals surface area contributed by atoms with E-state index in [2.05, 4.69) is 45.9 Å². The van der Waals surface area contributed by atoms with Gasteiger partial charge in [-0.3, -0.25) is 0 Å². The van der Waals surface area contributed by atoms with Gasteiger partial charge in [0.2, 0.25) is 0 Å². The molecule has 7 heteroatoms. The van der Waals surface area contributed by atoms with Crippen molar-refractivity contribution in [2.75, 3.05) is 20.1 Å². The highest BCUT2D eigenvalue weighted by Crippen LogP contribution is 2.14. The van der Waals surface area contributed by atoms with Gasteiger partial charge in [0.05, 0.1) is 0 Å². The Hall–Kier alpha value is -0.860. The van der Waals surface area contributed by atoms with Gasteiger partial charge in [-0.15, -0.1) is 34.2 Å². The van der Waals surface area contributed by atoms with Crippen molar-refractivity contribution in [3.63, 3.8) is 0 Å². The third-order valence-corrected chi connectivity index (χ3v) is 3.85. The Morgan fingerprint density at radius 1 is 1.32 bits per heavy atom. The Labute approximate surface area is 150 Å². The van der Waals surface area contributed by atoms with Crippen LogP contribution < -0.4 is 5.32 Å². The number of fused-ring (bicyclic) bond motifs is 1. The minimum atomic E-state index is 0. The summed E-state index contributed by atoms with van der Waals surface area (Å²) in [6.07, 6.45) is 5.87. The van der Waals surface area contributed by atoms with Gasteiger partial charge < -0.3 is 14.8 Å². The summed E-state index contributed by atoms with van der Waals surface area (Å²) in [6.45, 7) is 7.86. The summed E-state index contributed by atoms with van der Waals surface area (Å²) in [5, 5.41) is 11.9. The Bertz CT molecular complexity index is 471. The molecule has 1 aliphatic heterocycles. The summed E-state index contributed by atoms with van der Waals surface area (Å²) in [4.78, 5) is 6.92. The van der Waals surface area contributed by atoms with Gasteiger partial charge in [-0.25, -0.2) is 4.99 Å². The lowest BCUT2D eigenvalue weighted by molar-refractivity contribution is 0.463. The number of hydrogen-bond acceptors (Lipinski definition) is 3. The van der Waals surface area contributed by atoms with Gasteiger partial charge in [0.1, 0.15) is 12.4 Å². The first-order valence-electron chi connectivity index (χ1n) is 8.16. The number of unbranched alkanes of at least 4 members (excludes halogenated alkanes) is 1. The molecule has 22 heavy (non-hydrogen) atoms. The van der Waals surface area contributed by atoms with Crippen LogP contribution in [0.5, 0.6) is 0 Å². The molecule has 0 spiro atoms. The van der Waals surface area contributed by atoms with Crippen molar-refractivity contribution in [2.45, 2.75) is 59.0 Å². The molecule has 2 heterocycles. The Morgan fingerprint density at radius 3 is 2.86 bits per heavy atom. The molecule has 1 aliphatic rings. The minimum absolute atomic E-state index is 0. The van der Waals surface area contributed by atoms with E-state index < -0.39 is 0 Å². The average Bonchev–Trinajstić information content (AvgIpc) is 2.92. The van der Waals surface area contributed by atoms with Crippen molar-refractivity contribution >= 4 is 29.9 Å². The fourth-order valence-electron chi connectivity index (χ4n) is 2.60. The van der Waals surface area contributed by atoms with Crippen LogP contribution in [0.25, 0.3) is 0 Å². The van der Waals surface area contributed by atoms with Crippen LogP contribution in [-0.4, -0.2) is 45.8 Å². The van der Waals surface area contributed by atoms with E-state index in [4.69, 9.17) is 4.99 Å². The van der Waals surface area contributed by atoms with E-state index in [-0.39, 0.29) is 24.0 Å². The molecule has 0 saturated carbocycles. The topological polar surface area (TPSA) is 58.3 Å². The van der Waals surface area contributed by atoms with Crippen molar-refractivity contribution in [2.24, 2.45) is 4.99 Å². The zero-order valence-electron chi connectivity index (χ0n) is 14.0. The Balaban J connectivity index is 0.00000242. The fourth-order valence-corrected chi connectivity index (χ4v) is 2.60. The van der Waals surface area contributed by atoms with Crippen LogP contribution in [-0.2, 0) is 19.5 Å². The fraction of sp³-hybridized carbons (Fsp3) is 0.800. The number of nitrogens with one attached hydrogen (secondary N) is 1. The van der Waals surface area contributed by atoms with Gasteiger partial charge in [-0.2, -0.15) is 0 Å². The lowest BCUT2D eigenvalue weighted by Crippen LogP contribution is -2.39. The highest BCUT2D eigenvalue weighted by molar-refractivity contribution is 14.0. The van der Waals surface area contributed by atoms with Crippen LogP contribution in [0.3, 0.4) is 0 Å². The summed E-state index contributed by atoms with van der Waals surface area (Å²) in [5.41, 5.74) is 0. The number of hydrogen-bond donors (Lipinski definition) is 1. The molecule has 0 radical (unpaired) electrons. The second-order valence-electron chi connectivity index (χ2n) is 5.59. The average molecular weight is 420 g/mol. The Kier molecular flexibility index (Phi) is 8.74. The molecule has 2 rings (SSSR count). The molecule has 0 aromatic carbocycles. The van der Waals surface area contributed by atoms with Crippen molar-refractivity contribution < 1.29 is 0 Å². The summed E-state index contributed by atoms with van der Waals surface area (Å²) in [7, 11) is 2.09. The molecule has 0 saturated heterocycles. The van der Waals surface area contributed by atoms with E-state index in [1.54, 1.807) is 0 Å². The van der Waals surface area contributed by atoms with Gasteiger partial charge in [0.15, 0.2) is 11.8 Å². The van der Waals surface area contributed by atoms with Crippen molar-refractivity contribution in [3.05, 3.63) is 11.6 Å². The van der Waals surface area contributed by atoms with Gasteiger partial charge in [0, 0.05) is 33.1 Å². The van der Waals surface area contributed by atoms with Crippen LogP contribution in [0.1, 0.15) is 51.2 Å². The van der Waals surface area contributed by atoms with E-state index in [0.717, 1.165) is 43.7 Å². The third kappa shape index (κ3) is 5.10. The smallest absolute Gasteiger partial charge is 0.194 e. The molecule has 0 amide bonds. The highest BCUT2D eigenvalue weighted by Gasteiger charge is 2.15. The monoisotopic (exact) mass is 420 g/mol. The highest BCUT2D eigenvalue weighted by atomic mass is 127. The lowest BCUT2D eigenvalue weighted by atomic mass is 10.2. The van der Waals surface area contributed by atoms with E-state index in [0.29, 0.717) is 6.54 Å². The maximum atomic E-state index is 4.73. The van der Waals surface area contributed by atoms with Gasteiger partial charge in [-0.05, 0) is 26.2 Å². The first-order valence-corrected chi connectivity index (χ1v) is 8.16. The number of nitrogens with zero attached hydrogens (tertiary/aromatic N) is 5. The molecule has 0 unspecified atom stereocenters. The SMILES string of the molecule is CCCCN(C)C(=NCc1nnc2n1CCCC2)NCC.I. The quantitative estimate of drug-likeness (QED) is 0.437.